The Kier molecular flexibility index (Phi) is 5.51. The van der Waals surface area contributed by atoms with Crippen molar-refractivity contribution in [2.24, 2.45) is 0 Å². The number of nitrogens with zero attached hydrogens (tertiary/aromatic N) is 2. The van der Waals surface area contributed by atoms with Gasteiger partial charge in [-0.1, -0.05) is 11.6 Å². The zero-order valence-electron chi connectivity index (χ0n) is 16.4. The average Bonchev–Trinajstić information content (AvgIpc) is 2.61. The number of amides is 1. The summed E-state index contributed by atoms with van der Waals surface area (Å²) >= 11 is 5.91. The Morgan fingerprint density at radius 2 is 1.80 bits per heavy atom. The van der Waals surface area contributed by atoms with Gasteiger partial charge in [0.1, 0.15) is 16.4 Å². The van der Waals surface area contributed by atoms with Crippen LogP contribution in [0.5, 0.6) is 0 Å². The molecular weight excluding hydrogens is 423 g/mol. The quantitative estimate of drug-likeness (QED) is 0.444. The predicted octanol–water partition coefficient (Wildman–Crippen LogP) is 5.11. The molecule has 158 valence electrons. The van der Waals surface area contributed by atoms with Crippen LogP contribution in [0, 0.1) is 24.4 Å². The molecule has 1 amide bonds. The molecule has 0 radical (unpaired) electrons. The molecule has 0 spiro atoms. The number of hydrogen-bond donors (Lipinski definition) is 1. The Hall–Kier alpha value is -3.07. The van der Waals surface area contributed by atoms with Gasteiger partial charge in [-0.25, -0.2) is 22.9 Å². The number of carbonyl (C=O) groups is 1. The number of anilines is 1. The third-order valence-electron chi connectivity index (χ3n) is 4.02. The Labute approximate surface area is 174 Å². The van der Waals surface area contributed by atoms with E-state index in [-0.39, 0.29) is 21.9 Å². The van der Waals surface area contributed by atoms with Gasteiger partial charge in [-0.3, -0.25) is 14.7 Å². The first-order valence-electron chi connectivity index (χ1n) is 8.76. The van der Waals surface area contributed by atoms with Crippen molar-refractivity contribution in [3.8, 4) is 5.69 Å². The average molecular weight is 440 g/mol. The molecular formula is C20H17ClF3N3O3. The SMILES string of the molecule is Cc1cc(=O)c2ccc(Cl)nc2n1-c1cc(NC(=O)OC(C)(C)C)c(F)c(F)c1F. The first-order chi connectivity index (χ1) is 13.9. The standard InChI is InChI=1S/C20H17ClF3N3O3/c1-9-7-13(28)10-5-6-14(21)26-18(10)27(9)12-8-11(15(22)17(24)16(12)23)25-19(29)30-20(2,3)4/h5-8H,1-4H3,(H,25,29). The van der Waals surface area contributed by atoms with Gasteiger partial charge in [0, 0.05) is 11.8 Å². The monoisotopic (exact) mass is 439 g/mol. The second-order valence-electron chi connectivity index (χ2n) is 7.50. The highest BCUT2D eigenvalue weighted by Gasteiger charge is 2.25. The maximum Gasteiger partial charge on any atom is 0.412 e. The summed E-state index contributed by atoms with van der Waals surface area (Å²) in [6.45, 7) is 6.23. The van der Waals surface area contributed by atoms with Crippen LogP contribution in [-0.4, -0.2) is 21.2 Å². The highest BCUT2D eigenvalue weighted by atomic mass is 35.5. The van der Waals surface area contributed by atoms with E-state index in [1.54, 1.807) is 20.8 Å². The van der Waals surface area contributed by atoms with Gasteiger partial charge < -0.3 is 4.74 Å². The van der Waals surface area contributed by atoms with Crippen LogP contribution >= 0.6 is 11.6 Å². The van der Waals surface area contributed by atoms with E-state index in [0.29, 0.717) is 0 Å². The summed E-state index contributed by atoms with van der Waals surface area (Å²) in [6.07, 6.45) is -1.05. The molecule has 30 heavy (non-hydrogen) atoms. The number of hydrogen-bond acceptors (Lipinski definition) is 4. The van der Waals surface area contributed by atoms with Crippen molar-refractivity contribution in [1.29, 1.82) is 0 Å². The Morgan fingerprint density at radius 1 is 1.13 bits per heavy atom. The summed E-state index contributed by atoms with van der Waals surface area (Å²) in [6, 6.07) is 4.85. The van der Waals surface area contributed by atoms with Crippen LogP contribution in [0.15, 0.2) is 29.1 Å². The molecule has 6 nitrogen and oxygen atoms in total. The first kappa shape index (κ1) is 21.6. The maximum absolute atomic E-state index is 14.7. The summed E-state index contributed by atoms with van der Waals surface area (Å²) in [5, 5.41) is 2.17. The van der Waals surface area contributed by atoms with E-state index in [1.807, 2.05) is 0 Å². The number of carbonyl (C=O) groups excluding carboxylic acids is 1. The van der Waals surface area contributed by atoms with Crippen LogP contribution < -0.4 is 10.7 Å². The van der Waals surface area contributed by atoms with Crippen molar-refractivity contribution in [3.05, 3.63) is 62.8 Å². The second kappa shape index (κ2) is 7.64. The number of rotatable bonds is 2. The van der Waals surface area contributed by atoms with Gasteiger partial charge in [0.15, 0.2) is 22.9 Å². The van der Waals surface area contributed by atoms with Crippen LogP contribution in [0.2, 0.25) is 5.15 Å². The molecule has 0 aliphatic rings. The minimum absolute atomic E-state index is 0.0105. The van der Waals surface area contributed by atoms with Gasteiger partial charge in [0.25, 0.3) is 0 Å². The summed E-state index contributed by atoms with van der Waals surface area (Å²) < 4.78 is 49.5. The molecule has 3 aromatic rings. The summed E-state index contributed by atoms with van der Waals surface area (Å²) in [7, 11) is 0. The van der Waals surface area contributed by atoms with Crippen LogP contribution in [-0.2, 0) is 4.74 Å². The third kappa shape index (κ3) is 4.11. The number of nitrogens with one attached hydrogen (secondary N) is 1. The molecule has 2 aromatic heterocycles. The van der Waals surface area contributed by atoms with Gasteiger partial charge in [-0.2, -0.15) is 0 Å². The normalized spacial score (nSPS) is 11.6. The van der Waals surface area contributed by atoms with E-state index in [9.17, 15) is 22.8 Å². The Balaban J connectivity index is 2.25. The second-order valence-corrected chi connectivity index (χ2v) is 7.89. The highest BCUT2D eigenvalue weighted by Crippen LogP contribution is 2.29. The van der Waals surface area contributed by atoms with Crippen molar-refractivity contribution >= 4 is 34.4 Å². The fraction of sp³-hybridized carbons (Fsp3) is 0.250. The third-order valence-corrected chi connectivity index (χ3v) is 4.23. The number of aromatic nitrogens is 2. The van der Waals surface area contributed by atoms with Crippen LogP contribution in [0.25, 0.3) is 16.7 Å². The summed E-state index contributed by atoms with van der Waals surface area (Å²) in [5.74, 6) is -4.94. The van der Waals surface area contributed by atoms with Crippen molar-refractivity contribution in [1.82, 2.24) is 9.55 Å². The molecule has 0 bridgehead atoms. The Morgan fingerprint density at radius 3 is 2.43 bits per heavy atom. The topological polar surface area (TPSA) is 73.2 Å². The first-order valence-corrected chi connectivity index (χ1v) is 9.13. The van der Waals surface area contributed by atoms with Crippen LogP contribution in [0.1, 0.15) is 26.5 Å². The predicted molar refractivity (Wildman–Crippen MR) is 107 cm³/mol. The van der Waals surface area contributed by atoms with Gasteiger partial charge >= 0.3 is 6.09 Å². The lowest BCUT2D eigenvalue weighted by Crippen LogP contribution is -2.27. The van der Waals surface area contributed by atoms with Gasteiger partial charge in [-0.15, -0.1) is 0 Å². The molecule has 0 fully saturated rings. The van der Waals surface area contributed by atoms with Gasteiger partial charge in [0.2, 0.25) is 0 Å². The lowest BCUT2D eigenvalue weighted by molar-refractivity contribution is 0.0635. The highest BCUT2D eigenvalue weighted by molar-refractivity contribution is 6.29. The maximum atomic E-state index is 14.7. The van der Waals surface area contributed by atoms with E-state index in [4.69, 9.17) is 16.3 Å². The van der Waals surface area contributed by atoms with Crippen molar-refractivity contribution in [2.75, 3.05) is 5.32 Å². The van der Waals surface area contributed by atoms with E-state index in [1.165, 1.54) is 25.1 Å². The van der Waals surface area contributed by atoms with E-state index in [0.717, 1.165) is 10.6 Å². The van der Waals surface area contributed by atoms with Crippen molar-refractivity contribution in [3.63, 3.8) is 0 Å². The smallest absolute Gasteiger partial charge is 0.412 e. The lowest BCUT2D eigenvalue weighted by Gasteiger charge is -2.21. The molecule has 0 aliphatic heterocycles. The van der Waals surface area contributed by atoms with E-state index in [2.05, 4.69) is 10.3 Å². The summed E-state index contributed by atoms with van der Waals surface area (Å²) in [4.78, 5) is 28.3. The minimum atomic E-state index is -1.81. The molecule has 1 aromatic carbocycles. The number of pyridine rings is 2. The largest absolute Gasteiger partial charge is 0.444 e. The molecule has 0 atom stereocenters. The summed E-state index contributed by atoms with van der Waals surface area (Å²) in [5.41, 5.74) is -2.29. The minimum Gasteiger partial charge on any atom is -0.444 e. The molecule has 0 aliphatic carbocycles. The molecule has 10 heteroatoms. The molecule has 0 unspecified atom stereocenters. The Bertz CT molecular complexity index is 1240. The molecule has 3 rings (SSSR count). The number of aryl methyl sites for hydroxylation is 1. The number of fused-ring (bicyclic) bond motifs is 1. The molecule has 1 N–H and O–H groups in total. The number of halogens is 4. The number of ether oxygens (including phenoxy) is 1. The van der Waals surface area contributed by atoms with Gasteiger partial charge in [-0.05, 0) is 45.9 Å². The number of benzene rings is 1. The van der Waals surface area contributed by atoms with E-state index >= 15 is 0 Å². The molecule has 0 saturated carbocycles. The van der Waals surface area contributed by atoms with Crippen molar-refractivity contribution < 1.29 is 22.7 Å². The van der Waals surface area contributed by atoms with Gasteiger partial charge in [0.05, 0.1) is 16.8 Å². The fourth-order valence-corrected chi connectivity index (χ4v) is 2.99. The zero-order valence-corrected chi connectivity index (χ0v) is 17.2. The lowest BCUT2D eigenvalue weighted by atomic mass is 10.2. The van der Waals surface area contributed by atoms with Crippen molar-refractivity contribution in [2.45, 2.75) is 33.3 Å². The molecule has 2 heterocycles. The fourth-order valence-electron chi connectivity index (χ4n) is 2.85. The zero-order chi connectivity index (χ0) is 22.4. The van der Waals surface area contributed by atoms with Crippen LogP contribution in [0.4, 0.5) is 23.7 Å². The molecule has 0 saturated heterocycles. The van der Waals surface area contributed by atoms with E-state index < -0.39 is 45.9 Å². The van der Waals surface area contributed by atoms with Crippen LogP contribution in [0.3, 0.4) is 0 Å².